The molecule has 1 amide bonds. The van der Waals surface area contributed by atoms with Gasteiger partial charge in [0.1, 0.15) is 12.9 Å². The molecule has 1 saturated carbocycles. The van der Waals surface area contributed by atoms with Crippen molar-refractivity contribution in [2.45, 2.75) is 38.6 Å². The molecular formula is C34H38N6O4. The number of ether oxygens (including phenoxy) is 1. The van der Waals surface area contributed by atoms with Crippen molar-refractivity contribution in [2.75, 3.05) is 61.0 Å². The molecule has 2 aliphatic heterocycles. The van der Waals surface area contributed by atoms with Gasteiger partial charge in [0.2, 0.25) is 0 Å². The predicted molar refractivity (Wildman–Crippen MR) is 172 cm³/mol. The third kappa shape index (κ3) is 5.64. The van der Waals surface area contributed by atoms with E-state index >= 15 is 0 Å². The van der Waals surface area contributed by atoms with Crippen molar-refractivity contribution in [1.82, 2.24) is 14.5 Å². The molecule has 44 heavy (non-hydrogen) atoms. The lowest BCUT2D eigenvalue weighted by Gasteiger charge is -2.38. The van der Waals surface area contributed by atoms with Crippen LogP contribution in [0.4, 0.5) is 17.1 Å². The molecule has 3 fully saturated rings. The number of aromatic nitrogens is 2. The van der Waals surface area contributed by atoms with Gasteiger partial charge < -0.3 is 33.7 Å². The number of carbonyl (C=O) groups excluding carboxylic acids is 1. The van der Waals surface area contributed by atoms with Crippen molar-refractivity contribution in [3.8, 4) is 0 Å². The first-order chi connectivity index (χ1) is 21.4. The molecule has 0 bridgehead atoms. The predicted octanol–water partition coefficient (Wildman–Crippen LogP) is 4.95. The van der Waals surface area contributed by atoms with Gasteiger partial charge in [-0.25, -0.2) is 4.98 Å². The molecule has 0 atom stereocenters. The fraction of sp³-hybridized carbons (Fsp3) is 0.382. The highest BCUT2D eigenvalue weighted by molar-refractivity contribution is 6.06. The summed E-state index contributed by atoms with van der Waals surface area (Å²) in [5.41, 5.74) is 4.17. The standard InChI is InChI=1S/C34H38N6O4/c1-23-6-3-4-7-30(23)38-14-16-39(17-15-38)31-20-26-10-13-40(12-5-11-37-18-19-43-24(37)2)34(42)27(26)21-28(31)35-32(41)29-22-44-33(36-29)25-8-9-25/h3-4,6-7,10,13,20-22,25H,2,5,8-9,11-12,14-19H2,1H3,(H,35,41). The molecular weight excluding hydrogens is 556 g/mol. The number of piperazine rings is 1. The average Bonchev–Trinajstić information content (AvgIpc) is 3.62. The van der Waals surface area contributed by atoms with Gasteiger partial charge in [0.15, 0.2) is 17.5 Å². The van der Waals surface area contributed by atoms with Crippen LogP contribution < -0.4 is 20.7 Å². The van der Waals surface area contributed by atoms with E-state index in [0.29, 0.717) is 41.9 Å². The molecule has 3 aliphatic rings. The van der Waals surface area contributed by atoms with E-state index in [-0.39, 0.29) is 17.2 Å². The van der Waals surface area contributed by atoms with E-state index in [0.717, 1.165) is 69.6 Å². The van der Waals surface area contributed by atoms with Crippen LogP contribution in [-0.2, 0) is 11.3 Å². The minimum absolute atomic E-state index is 0.0807. The average molecular weight is 595 g/mol. The topological polar surface area (TPSA) is 96.1 Å². The first-order valence-corrected chi connectivity index (χ1v) is 15.5. The van der Waals surface area contributed by atoms with Crippen molar-refractivity contribution >= 4 is 33.7 Å². The number of aryl methyl sites for hydroxylation is 2. The number of carbonyl (C=O) groups is 1. The molecule has 0 unspecified atom stereocenters. The summed E-state index contributed by atoms with van der Waals surface area (Å²) < 4.78 is 12.8. The number of benzene rings is 2. The number of fused-ring (bicyclic) bond motifs is 1. The van der Waals surface area contributed by atoms with Crippen LogP contribution in [0.5, 0.6) is 0 Å². The summed E-state index contributed by atoms with van der Waals surface area (Å²) in [6, 6.07) is 14.3. The lowest BCUT2D eigenvalue weighted by molar-refractivity contribution is 0.102. The number of anilines is 3. The normalized spacial score (nSPS) is 16.9. The number of nitrogens with one attached hydrogen (secondary N) is 1. The van der Waals surface area contributed by atoms with Crippen molar-refractivity contribution in [1.29, 1.82) is 0 Å². The Morgan fingerprint density at radius 2 is 1.80 bits per heavy atom. The molecule has 2 aromatic carbocycles. The summed E-state index contributed by atoms with van der Waals surface area (Å²) in [4.78, 5) is 38.3. The highest BCUT2D eigenvalue weighted by Gasteiger charge is 2.30. The van der Waals surface area contributed by atoms with E-state index < -0.39 is 0 Å². The van der Waals surface area contributed by atoms with Gasteiger partial charge in [0, 0.05) is 62.5 Å². The minimum atomic E-state index is -0.343. The molecule has 10 heteroatoms. The molecule has 228 valence electrons. The maximum atomic E-state index is 13.7. The monoisotopic (exact) mass is 594 g/mol. The van der Waals surface area contributed by atoms with Crippen molar-refractivity contribution in [3.63, 3.8) is 0 Å². The first-order valence-electron chi connectivity index (χ1n) is 15.5. The molecule has 0 radical (unpaired) electrons. The highest BCUT2D eigenvalue weighted by Crippen LogP contribution is 2.39. The second-order valence-electron chi connectivity index (χ2n) is 11.9. The van der Waals surface area contributed by atoms with Crippen LogP contribution in [0.15, 0.2) is 76.6 Å². The summed E-state index contributed by atoms with van der Waals surface area (Å²) in [7, 11) is 0. The maximum Gasteiger partial charge on any atom is 0.277 e. The van der Waals surface area contributed by atoms with Gasteiger partial charge >= 0.3 is 0 Å². The summed E-state index contributed by atoms with van der Waals surface area (Å²) in [6.07, 6.45) is 6.16. The Hall–Kier alpha value is -4.73. The fourth-order valence-electron chi connectivity index (χ4n) is 6.22. The Bertz CT molecular complexity index is 1770. The highest BCUT2D eigenvalue weighted by atomic mass is 16.5. The van der Waals surface area contributed by atoms with Crippen molar-refractivity contribution in [3.05, 3.63) is 94.9 Å². The Kier molecular flexibility index (Phi) is 7.49. The zero-order valence-electron chi connectivity index (χ0n) is 25.1. The second-order valence-corrected chi connectivity index (χ2v) is 11.9. The molecule has 4 heterocycles. The van der Waals surface area contributed by atoms with E-state index in [1.165, 1.54) is 17.5 Å². The number of hydrogen-bond acceptors (Lipinski definition) is 8. The molecule has 2 saturated heterocycles. The van der Waals surface area contributed by atoms with Crippen LogP contribution in [0.25, 0.3) is 10.8 Å². The quantitative estimate of drug-likeness (QED) is 0.291. The van der Waals surface area contributed by atoms with Gasteiger partial charge in [0.05, 0.1) is 17.9 Å². The Morgan fingerprint density at radius 3 is 2.52 bits per heavy atom. The zero-order chi connectivity index (χ0) is 30.2. The van der Waals surface area contributed by atoms with Crippen molar-refractivity contribution < 1.29 is 13.9 Å². The summed E-state index contributed by atoms with van der Waals surface area (Å²) in [6.45, 7) is 12.2. The fourth-order valence-corrected chi connectivity index (χ4v) is 6.22. The number of amides is 1. The number of nitrogens with zero attached hydrogens (tertiary/aromatic N) is 5. The van der Waals surface area contributed by atoms with Crippen molar-refractivity contribution in [2.24, 2.45) is 0 Å². The van der Waals surface area contributed by atoms with Gasteiger partial charge in [-0.2, -0.15) is 0 Å². The lowest BCUT2D eigenvalue weighted by atomic mass is 10.1. The lowest BCUT2D eigenvalue weighted by Crippen LogP contribution is -2.47. The Morgan fingerprint density at radius 1 is 1.02 bits per heavy atom. The first kappa shape index (κ1) is 28.1. The minimum Gasteiger partial charge on any atom is -0.478 e. The third-order valence-electron chi connectivity index (χ3n) is 8.91. The number of hydrogen-bond donors (Lipinski definition) is 1. The number of rotatable bonds is 9. The van der Waals surface area contributed by atoms with Crippen LogP contribution in [0.2, 0.25) is 0 Å². The molecule has 7 rings (SSSR count). The van der Waals surface area contributed by atoms with Gasteiger partial charge in [-0.1, -0.05) is 18.2 Å². The van der Waals surface area contributed by atoms with Crippen LogP contribution in [0.1, 0.15) is 47.1 Å². The van der Waals surface area contributed by atoms with Gasteiger partial charge in [-0.05, 0) is 68.0 Å². The SMILES string of the molecule is C=C1OCCN1CCCn1ccc2cc(N3CCN(c4ccccc4C)CC3)c(NC(=O)c3coc(C4CC4)n3)cc2c1=O. The van der Waals surface area contributed by atoms with Crippen LogP contribution in [0.3, 0.4) is 0 Å². The largest absolute Gasteiger partial charge is 0.478 e. The molecule has 10 nitrogen and oxygen atoms in total. The second kappa shape index (κ2) is 11.7. The molecule has 4 aromatic rings. The van der Waals surface area contributed by atoms with E-state index in [1.54, 1.807) is 4.57 Å². The smallest absolute Gasteiger partial charge is 0.277 e. The summed E-state index contributed by atoms with van der Waals surface area (Å²) >= 11 is 0. The van der Waals surface area contributed by atoms with E-state index in [4.69, 9.17) is 9.15 Å². The molecule has 0 spiro atoms. The number of oxazole rings is 1. The van der Waals surface area contributed by atoms with E-state index in [9.17, 15) is 9.59 Å². The van der Waals surface area contributed by atoms with Crippen LogP contribution in [-0.4, -0.2) is 66.2 Å². The zero-order valence-corrected chi connectivity index (χ0v) is 25.1. The van der Waals surface area contributed by atoms with E-state index in [1.807, 2.05) is 24.4 Å². The Balaban J connectivity index is 1.16. The summed E-state index contributed by atoms with van der Waals surface area (Å²) in [5, 5.41) is 4.49. The molecule has 1 N–H and O–H groups in total. The summed E-state index contributed by atoms with van der Waals surface area (Å²) in [5.74, 6) is 1.28. The van der Waals surface area contributed by atoms with Crippen LogP contribution in [0, 0.1) is 6.92 Å². The third-order valence-corrected chi connectivity index (χ3v) is 8.91. The molecule has 2 aromatic heterocycles. The van der Waals surface area contributed by atoms with Crippen LogP contribution >= 0.6 is 0 Å². The molecule has 1 aliphatic carbocycles. The van der Waals surface area contributed by atoms with E-state index in [2.05, 4.69) is 62.8 Å². The number of para-hydroxylation sites is 1. The van der Waals surface area contributed by atoms with Gasteiger partial charge in [0.25, 0.3) is 11.5 Å². The Labute approximate surface area is 256 Å². The maximum absolute atomic E-state index is 13.7. The van der Waals surface area contributed by atoms with Gasteiger partial charge in [-0.3, -0.25) is 9.59 Å². The van der Waals surface area contributed by atoms with Gasteiger partial charge in [-0.15, -0.1) is 0 Å². The number of pyridine rings is 1.